The molecule has 10 heteroatoms. The monoisotopic (exact) mass is 496 g/mol. The second kappa shape index (κ2) is 9.62. The van der Waals surface area contributed by atoms with E-state index in [1.54, 1.807) is 12.5 Å². The molecule has 1 aliphatic rings. The van der Waals surface area contributed by atoms with Gasteiger partial charge in [0.2, 0.25) is 5.95 Å². The maximum absolute atomic E-state index is 6.16. The Kier molecular flexibility index (Phi) is 6.01. The fraction of sp³-hybridized carbons (Fsp3) is 0.296. The van der Waals surface area contributed by atoms with Gasteiger partial charge in [-0.3, -0.25) is 0 Å². The minimum Gasteiger partial charge on any atom is -0.457 e. The van der Waals surface area contributed by atoms with Crippen molar-refractivity contribution in [3.63, 3.8) is 0 Å². The van der Waals surface area contributed by atoms with Gasteiger partial charge < -0.3 is 24.3 Å². The highest BCUT2D eigenvalue weighted by molar-refractivity contribution is 5.87. The molecule has 0 amide bonds. The smallest absolute Gasteiger partial charge is 0.226 e. The van der Waals surface area contributed by atoms with Gasteiger partial charge in [0.05, 0.1) is 23.6 Å². The largest absolute Gasteiger partial charge is 0.457 e. The number of aromatic nitrogens is 6. The lowest BCUT2D eigenvalue weighted by molar-refractivity contribution is 0.0852. The summed E-state index contributed by atoms with van der Waals surface area (Å²) in [5.74, 6) is 2.80. The number of aryl methyl sites for hydroxylation is 2. The van der Waals surface area contributed by atoms with E-state index < -0.39 is 0 Å². The van der Waals surface area contributed by atoms with Crippen LogP contribution in [0.2, 0.25) is 0 Å². The number of anilines is 3. The molecule has 1 aliphatic heterocycles. The highest BCUT2D eigenvalue weighted by atomic mass is 16.5. The third-order valence-corrected chi connectivity index (χ3v) is 6.78. The number of hydrogen-bond acceptors (Lipinski definition) is 9. The molecular weight excluding hydrogens is 468 g/mol. The van der Waals surface area contributed by atoms with Crippen molar-refractivity contribution in [2.45, 2.75) is 25.8 Å². The van der Waals surface area contributed by atoms with E-state index in [0.717, 1.165) is 59.8 Å². The lowest BCUT2D eigenvalue weighted by Crippen LogP contribution is -2.37. The van der Waals surface area contributed by atoms with Crippen LogP contribution < -0.4 is 15.0 Å². The first-order valence-corrected chi connectivity index (χ1v) is 12.3. The molecule has 1 saturated heterocycles. The molecule has 4 heterocycles. The van der Waals surface area contributed by atoms with Crippen LogP contribution in [-0.2, 0) is 11.8 Å². The Labute approximate surface area is 214 Å². The number of nitrogens with one attached hydrogen (secondary N) is 1. The molecule has 37 heavy (non-hydrogen) atoms. The van der Waals surface area contributed by atoms with Gasteiger partial charge in [0.1, 0.15) is 28.9 Å². The summed E-state index contributed by atoms with van der Waals surface area (Å²) in [5, 5.41) is 3.40. The first-order valence-electron chi connectivity index (χ1n) is 12.3. The second-order valence-corrected chi connectivity index (χ2v) is 9.29. The summed E-state index contributed by atoms with van der Waals surface area (Å²) in [5.41, 5.74) is 5.18. The summed E-state index contributed by atoms with van der Waals surface area (Å²) < 4.78 is 13.6. The third kappa shape index (κ3) is 4.63. The molecule has 1 fully saturated rings. The topological polar surface area (TPSA) is 103 Å². The number of imidazole rings is 1. The van der Waals surface area contributed by atoms with E-state index in [-0.39, 0.29) is 0 Å². The molecule has 5 aromatic rings. The fourth-order valence-corrected chi connectivity index (χ4v) is 4.63. The molecule has 0 atom stereocenters. The van der Waals surface area contributed by atoms with Crippen LogP contribution in [0.15, 0.2) is 55.2 Å². The van der Waals surface area contributed by atoms with Crippen LogP contribution in [0.4, 0.5) is 17.5 Å². The molecule has 0 radical (unpaired) electrons. The molecule has 3 aromatic heterocycles. The minimum absolute atomic E-state index is 0.348. The van der Waals surface area contributed by atoms with E-state index in [0.29, 0.717) is 28.8 Å². The minimum atomic E-state index is 0.348. The van der Waals surface area contributed by atoms with Gasteiger partial charge in [-0.2, -0.15) is 0 Å². The number of nitrogens with zero attached hydrogens (tertiary/aromatic N) is 7. The molecule has 2 aromatic carbocycles. The Bertz CT molecular complexity index is 1580. The van der Waals surface area contributed by atoms with E-state index in [4.69, 9.17) is 14.5 Å². The van der Waals surface area contributed by atoms with Crippen LogP contribution in [0.5, 0.6) is 11.5 Å². The zero-order chi connectivity index (χ0) is 25.4. The van der Waals surface area contributed by atoms with Crippen molar-refractivity contribution in [1.82, 2.24) is 29.5 Å². The average Bonchev–Trinajstić information content (AvgIpc) is 3.30. The summed E-state index contributed by atoms with van der Waals surface area (Å²) in [6, 6.07) is 12.2. The van der Waals surface area contributed by atoms with Crippen molar-refractivity contribution in [2.24, 2.45) is 7.05 Å². The van der Waals surface area contributed by atoms with Crippen LogP contribution >= 0.6 is 0 Å². The van der Waals surface area contributed by atoms with Crippen molar-refractivity contribution in [3.05, 3.63) is 60.8 Å². The van der Waals surface area contributed by atoms with Gasteiger partial charge in [-0.1, -0.05) is 0 Å². The van der Waals surface area contributed by atoms with Crippen LogP contribution in [0.3, 0.4) is 0 Å². The van der Waals surface area contributed by atoms with Crippen molar-refractivity contribution in [2.75, 3.05) is 30.5 Å². The highest BCUT2D eigenvalue weighted by Gasteiger charge is 2.21. The van der Waals surface area contributed by atoms with Crippen LogP contribution in [-0.4, -0.2) is 55.8 Å². The molecule has 0 spiro atoms. The third-order valence-electron chi connectivity index (χ3n) is 6.78. The van der Waals surface area contributed by atoms with E-state index >= 15 is 0 Å². The lowest BCUT2D eigenvalue weighted by Gasteiger charge is -2.31. The maximum atomic E-state index is 6.16. The number of rotatable bonds is 6. The summed E-state index contributed by atoms with van der Waals surface area (Å²) in [4.78, 5) is 24.7. The van der Waals surface area contributed by atoms with Gasteiger partial charge in [0, 0.05) is 45.1 Å². The summed E-state index contributed by atoms with van der Waals surface area (Å²) >= 11 is 0. The molecule has 0 aliphatic carbocycles. The first-order chi connectivity index (χ1) is 18.0. The predicted molar refractivity (Wildman–Crippen MR) is 143 cm³/mol. The standard InChI is InChI=1S/C27H28N8O2/c1-17-12-18(4-7-24(17)37-20-5-6-23-21(13-20)31-16-34(23)2)32-26-25-22(29-15-30-26)14-28-27(33-25)35(3)19-8-10-36-11-9-19/h4-7,12-16,19H,8-11H2,1-3H3,(H,29,30,32). The van der Waals surface area contributed by atoms with E-state index in [1.165, 1.54) is 6.33 Å². The number of benzene rings is 2. The molecular formula is C27H28N8O2. The lowest BCUT2D eigenvalue weighted by atomic mass is 10.1. The zero-order valence-corrected chi connectivity index (χ0v) is 21.0. The van der Waals surface area contributed by atoms with Gasteiger partial charge in [-0.25, -0.2) is 24.9 Å². The quantitative estimate of drug-likeness (QED) is 0.356. The Morgan fingerprint density at radius 3 is 2.73 bits per heavy atom. The summed E-state index contributed by atoms with van der Waals surface area (Å²) in [6.07, 6.45) is 6.98. The SMILES string of the molecule is Cc1cc(Nc2ncnc3cnc(N(C)C4CCOCC4)nc23)ccc1Oc1ccc2c(c1)ncn2C. The number of fused-ring (bicyclic) bond motifs is 2. The van der Waals surface area contributed by atoms with Crippen molar-refractivity contribution >= 4 is 39.5 Å². The summed E-state index contributed by atoms with van der Waals surface area (Å²) in [6.45, 7) is 3.53. The Morgan fingerprint density at radius 2 is 1.89 bits per heavy atom. The average molecular weight is 497 g/mol. The normalized spacial score (nSPS) is 14.2. The van der Waals surface area contributed by atoms with Crippen LogP contribution in [0.25, 0.3) is 22.1 Å². The van der Waals surface area contributed by atoms with Crippen molar-refractivity contribution < 1.29 is 9.47 Å². The van der Waals surface area contributed by atoms with E-state index in [2.05, 4.69) is 30.2 Å². The predicted octanol–water partition coefficient (Wildman–Crippen LogP) is 4.77. The van der Waals surface area contributed by atoms with Gasteiger partial charge in [-0.15, -0.1) is 0 Å². The van der Waals surface area contributed by atoms with Gasteiger partial charge in [0.15, 0.2) is 5.82 Å². The molecule has 1 N–H and O–H groups in total. The molecule has 188 valence electrons. The molecule has 10 nitrogen and oxygen atoms in total. The second-order valence-electron chi connectivity index (χ2n) is 9.29. The van der Waals surface area contributed by atoms with Crippen LogP contribution in [0, 0.1) is 6.92 Å². The first kappa shape index (κ1) is 23.1. The Hall–Kier alpha value is -4.31. The molecule has 6 rings (SSSR count). The van der Waals surface area contributed by atoms with Gasteiger partial charge in [0.25, 0.3) is 0 Å². The molecule has 0 unspecified atom stereocenters. The van der Waals surface area contributed by atoms with E-state index in [1.807, 2.05) is 62.0 Å². The Balaban J connectivity index is 1.24. The fourth-order valence-electron chi connectivity index (χ4n) is 4.63. The maximum Gasteiger partial charge on any atom is 0.226 e. The van der Waals surface area contributed by atoms with E-state index in [9.17, 15) is 0 Å². The number of hydrogen-bond donors (Lipinski definition) is 1. The summed E-state index contributed by atoms with van der Waals surface area (Å²) in [7, 11) is 4.01. The van der Waals surface area contributed by atoms with Crippen LogP contribution in [0.1, 0.15) is 18.4 Å². The van der Waals surface area contributed by atoms with Gasteiger partial charge >= 0.3 is 0 Å². The Morgan fingerprint density at radius 1 is 1.03 bits per heavy atom. The van der Waals surface area contributed by atoms with Crippen molar-refractivity contribution in [3.8, 4) is 11.5 Å². The van der Waals surface area contributed by atoms with Gasteiger partial charge in [-0.05, 0) is 55.7 Å². The molecule has 0 saturated carbocycles. The zero-order valence-electron chi connectivity index (χ0n) is 21.0. The number of ether oxygens (including phenoxy) is 2. The van der Waals surface area contributed by atoms with Crippen molar-refractivity contribution in [1.29, 1.82) is 0 Å². The highest BCUT2D eigenvalue weighted by Crippen LogP contribution is 2.31. The molecule has 0 bridgehead atoms.